The van der Waals surface area contributed by atoms with Gasteiger partial charge in [-0.25, -0.2) is 0 Å². The zero-order chi connectivity index (χ0) is 9.47. The van der Waals surface area contributed by atoms with E-state index in [0.29, 0.717) is 6.42 Å². The molecule has 2 atom stereocenters. The van der Waals surface area contributed by atoms with Gasteiger partial charge in [0, 0.05) is 0 Å². The van der Waals surface area contributed by atoms with Crippen LogP contribution in [-0.4, -0.2) is 47.6 Å². The first-order valence-electron chi connectivity index (χ1n) is 4.37. The Kier molecular flexibility index (Phi) is 2.02. The molecular weight excluding hydrogens is 174 g/mol. The predicted octanol–water partition coefficient (Wildman–Crippen LogP) is -1.76. The Hall–Kier alpha value is -0.650. The number of amides is 1. The number of carbonyl (C=O) groups excluding carboxylic acids is 1. The lowest BCUT2D eigenvalue weighted by atomic mass is 9.83. The largest absolute Gasteiger partial charge is 0.394 e. The zero-order valence-corrected chi connectivity index (χ0v) is 7.19. The molecule has 0 aromatic carbocycles. The summed E-state index contributed by atoms with van der Waals surface area (Å²) in [6.45, 7) is 0.381. The minimum absolute atomic E-state index is 0.0703. The number of ether oxygens (including phenoxy) is 1. The minimum atomic E-state index is -0.992. The van der Waals surface area contributed by atoms with Crippen molar-refractivity contribution < 1.29 is 19.7 Å². The van der Waals surface area contributed by atoms with Crippen molar-refractivity contribution in [3.05, 3.63) is 0 Å². The predicted molar refractivity (Wildman–Crippen MR) is 42.9 cm³/mol. The van der Waals surface area contributed by atoms with Gasteiger partial charge in [0.25, 0.3) is 0 Å². The summed E-state index contributed by atoms with van der Waals surface area (Å²) in [6, 6.07) is -0.206. The Balaban J connectivity index is 2.04. The molecule has 3 N–H and O–H groups in total. The van der Waals surface area contributed by atoms with Gasteiger partial charge in [0.15, 0.2) is 0 Å². The van der Waals surface area contributed by atoms with Crippen molar-refractivity contribution in [2.24, 2.45) is 5.92 Å². The highest BCUT2D eigenvalue weighted by Gasteiger charge is 2.51. The molecule has 0 radical (unpaired) electrons. The lowest BCUT2D eigenvalue weighted by Gasteiger charge is -2.39. The quantitative estimate of drug-likeness (QED) is 0.479. The number of nitrogens with one attached hydrogen (secondary N) is 1. The van der Waals surface area contributed by atoms with Crippen LogP contribution in [0.4, 0.5) is 0 Å². The van der Waals surface area contributed by atoms with Gasteiger partial charge in [-0.1, -0.05) is 0 Å². The van der Waals surface area contributed by atoms with Crippen LogP contribution in [0.3, 0.4) is 0 Å². The first-order chi connectivity index (χ1) is 6.15. The monoisotopic (exact) mass is 187 g/mol. The molecule has 74 valence electrons. The second-order valence-electron chi connectivity index (χ2n) is 3.77. The molecule has 2 aliphatic rings. The SMILES string of the molecule is O=C1NC(CO)CC1C1(O)COC1. The number of aliphatic hydroxyl groups excluding tert-OH is 1. The van der Waals surface area contributed by atoms with E-state index in [1.54, 1.807) is 0 Å². The molecule has 2 rings (SSSR count). The summed E-state index contributed by atoms with van der Waals surface area (Å²) in [5, 5.41) is 21.3. The van der Waals surface area contributed by atoms with E-state index in [1.165, 1.54) is 0 Å². The van der Waals surface area contributed by atoms with Crippen molar-refractivity contribution in [3.63, 3.8) is 0 Å². The van der Waals surface area contributed by atoms with E-state index in [4.69, 9.17) is 9.84 Å². The molecule has 5 heteroatoms. The van der Waals surface area contributed by atoms with Crippen LogP contribution in [0.15, 0.2) is 0 Å². The van der Waals surface area contributed by atoms with Crippen LogP contribution < -0.4 is 5.32 Å². The van der Waals surface area contributed by atoms with E-state index in [-0.39, 0.29) is 31.8 Å². The summed E-state index contributed by atoms with van der Waals surface area (Å²) in [6.07, 6.45) is 0.495. The highest BCUT2D eigenvalue weighted by molar-refractivity contribution is 5.82. The molecule has 2 saturated heterocycles. The Labute approximate surface area is 75.7 Å². The Morgan fingerprint density at radius 3 is 2.69 bits per heavy atom. The van der Waals surface area contributed by atoms with Gasteiger partial charge < -0.3 is 20.3 Å². The van der Waals surface area contributed by atoms with Crippen LogP contribution in [0.1, 0.15) is 6.42 Å². The van der Waals surface area contributed by atoms with E-state index >= 15 is 0 Å². The topological polar surface area (TPSA) is 78.8 Å². The average molecular weight is 187 g/mol. The summed E-state index contributed by atoms with van der Waals surface area (Å²) >= 11 is 0. The van der Waals surface area contributed by atoms with Crippen LogP contribution in [-0.2, 0) is 9.53 Å². The molecule has 5 nitrogen and oxygen atoms in total. The van der Waals surface area contributed by atoms with Crippen LogP contribution in [0.25, 0.3) is 0 Å². The van der Waals surface area contributed by atoms with Gasteiger partial charge in [0.05, 0.1) is 31.8 Å². The number of carbonyl (C=O) groups is 1. The molecular formula is C8H13NO4. The molecule has 0 saturated carbocycles. The van der Waals surface area contributed by atoms with Crippen molar-refractivity contribution in [1.82, 2.24) is 5.32 Å². The average Bonchev–Trinajstić information content (AvgIpc) is 2.43. The standard InChI is InChI=1S/C8H13NO4/c10-2-5-1-6(7(11)9-5)8(12)3-13-4-8/h5-6,10,12H,1-4H2,(H,9,11). The van der Waals surface area contributed by atoms with Crippen molar-refractivity contribution in [1.29, 1.82) is 0 Å². The van der Waals surface area contributed by atoms with E-state index in [9.17, 15) is 9.90 Å². The maximum absolute atomic E-state index is 11.3. The molecule has 0 spiro atoms. The summed E-state index contributed by atoms with van der Waals surface area (Å²) in [5.74, 6) is -0.594. The lowest BCUT2D eigenvalue weighted by molar-refractivity contribution is -0.205. The van der Waals surface area contributed by atoms with Crippen LogP contribution in [0.2, 0.25) is 0 Å². The molecule has 0 aromatic heterocycles. The summed E-state index contributed by atoms with van der Waals surface area (Å²) in [4.78, 5) is 11.3. The van der Waals surface area contributed by atoms with Crippen LogP contribution >= 0.6 is 0 Å². The number of hydrogen-bond donors (Lipinski definition) is 3. The van der Waals surface area contributed by atoms with Gasteiger partial charge in [-0.15, -0.1) is 0 Å². The molecule has 2 aliphatic heterocycles. The maximum atomic E-state index is 11.3. The molecule has 0 bridgehead atoms. The number of rotatable bonds is 2. The van der Waals surface area contributed by atoms with E-state index in [1.807, 2.05) is 0 Å². The highest BCUT2D eigenvalue weighted by atomic mass is 16.5. The number of aliphatic hydroxyl groups is 2. The smallest absolute Gasteiger partial charge is 0.226 e. The van der Waals surface area contributed by atoms with Gasteiger partial charge in [-0.2, -0.15) is 0 Å². The van der Waals surface area contributed by atoms with Gasteiger partial charge in [-0.05, 0) is 6.42 Å². The molecule has 2 fully saturated rings. The van der Waals surface area contributed by atoms with E-state index < -0.39 is 11.5 Å². The van der Waals surface area contributed by atoms with E-state index in [0.717, 1.165) is 0 Å². The lowest BCUT2D eigenvalue weighted by Crippen LogP contribution is -2.57. The van der Waals surface area contributed by atoms with E-state index in [2.05, 4.69) is 5.32 Å². The maximum Gasteiger partial charge on any atom is 0.226 e. The van der Waals surface area contributed by atoms with Crippen molar-refractivity contribution >= 4 is 5.91 Å². The molecule has 2 heterocycles. The summed E-state index contributed by atoms with van der Waals surface area (Å²) in [7, 11) is 0. The molecule has 13 heavy (non-hydrogen) atoms. The second-order valence-corrected chi connectivity index (χ2v) is 3.77. The normalized spacial score (nSPS) is 36.9. The van der Waals surface area contributed by atoms with Crippen LogP contribution in [0.5, 0.6) is 0 Å². The summed E-state index contributed by atoms with van der Waals surface area (Å²) in [5.41, 5.74) is -0.992. The zero-order valence-electron chi connectivity index (χ0n) is 7.19. The van der Waals surface area contributed by atoms with Gasteiger partial charge >= 0.3 is 0 Å². The minimum Gasteiger partial charge on any atom is -0.394 e. The van der Waals surface area contributed by atoms with Gasteiger partial charge in [0.1, 0.15) is 5.60 Å². The molecule has 2 unspecified atom stereocenters. The fraction of sp³-hybridized carbons (Fsp3) is 0.875. The fourth-order valence-corrected chi connectivity index (χ4v) is 1.85. The third-order valence-electron chi connectivity index (χ3n) is 2.76. The third-order valence-corrected chi connectivity index (χ3v) is 2.76. The Morgan fingerprint density at radius 1 is 1.62 bits per heavy atom. The van der Waals surface area contributed by atoms with Crippen molar-refractivity contribution in [2.45, 2.75) is 18.1 Å². The van der Waals surface area contributed by atoms with Gasteiger partial charge in [-0.3, -0.25) is 4.79 Å². The van der Waals surface area contributed by atoms with Gasteiger partial charge in [0.2, 0.25) is 5.91 Å². The summed E-state index contributed by atoms with van der Waals surface area (Å²) < 4.78 is 4.87. The van der Waals surface area contributed by atoms with Crippen LogP contribution in [0, 0.1) is 5.92 Å². The highest BCUT2D eigenvalue weighted by Crippen LogP contribution is 2.32. The fourth-order valence-electron chi connectivity index (χ4n) is 1.85. The molecule has 1 amide bonds. The number of hydrogen-bond acceptors (Lipinski definition) is 4. The first-order valence-corrected chi connectivity index (χ1v) is 4.37. The first kappa shape index (κ1) is 8.93. The third kappa shape index (κ3) is 1.33. The molecule has 0 aromatic rings. The molecule has 0 aliphatic carbocycles. The second kappa shape index (κ2) is 2.94. The van der Waals surface area contributed by atoms with Crippen molar-refractivity contribution in [2.75, 3.05) is 19.8 Å². The Bertz CT molecular complexity index is 226. The van der Waals surface area contributed by atoms with Crippen molar-refractivity contribution in [3.8, 4) is 0 Å². The Morgan fingerprint density at radius 2 is 2.31 bits per heavy atom.